The summed E-state index contributed by atoms with van der Waals surface area (Å²) < 4.78 is 72.3. The molecule has 1 saturated heterocycles. The molecule has 4 rings (SSSR count). The number of benzene rings is 2. The largest absolute Gasteiger partial charge is 0.497 e. The Morgan fingerprint density at radius 1 is 1.00 bits per heavy atom. The molecule has 1 N–H and O–H groups in total. The van der Waals surface area contributed by atoms with Gasteiger partial charge in [0.25, 0.3) is 0 Å². The van der Waals surface area contributed by atoms with E-state index in [1.165, 1.54) is 34.8 Å². The molecule has 0 aliphatic carbocycles. The highest BCUT2D eigenvalue weighted by molar-refractivity contribution is 7.89. The van der Waals surface area contributed by atoms with Crippen molar-refractivity contribution in [1.82, 2.24) is 9.03 Å². The van der Waals surface area contributed by atoms with Crippen LogP contribution in [0.3, 0.4) is 0 Å². The quantitative estimate of drug-likeness (QED) is 0.413. The zero-order chi connectivity index (χ0) is 24.9. The lowest BCUT2D eigenvalue weighted by molar-refractivity contribution is 0.114. The van der Waals surface area contributed by atoms with E-state index in [1.54, 1.807) is 37.4 Å². The molecule has 1 atom stereocenters. The lowest BCUT2D eigenvalue weighted by Gasteiger charge is -2.22. The molecule has 0 saturated carbocycles. The molecule has 0 radical (unpaired) electrons. The molecule has 0 unspecified atom stereocenters. The predicted molar refractivity (Wildman–Crippen MR) is 129 cm³/mol. The lowest BCUT2D eigenvalue weighted by atomic mass is 10.2. The summed E-state index contributed by atoms with van der Waals surface area (Å²) in [6.07, 6.45) is 3.05. The van der Waals surface area contributed by atoms with E-state index >= 15 is 0 Å². The molecule has 3 aromatic rings. The van der Waals surface area contributed by atoms with Crippen LogP contribution in [-0.2, 0) is 37.9 Å². The fourth-order valence-corrected chi connectivity index (χ4v) is 6.27. The summed E-state index contributed by atoms with van der Waals surface area (Å²) in [4.78, 5) is -0.0372. The Balaban J connectivity index is 1.56. The maximum absolute atomic E-state index is 13.5. The van der Waals surface area contributed by atoms with Gasteiger partial charge in [-0.05, 0) is 66.9 Å². The standard InChI is InChI=1S/C24H28N2O7S2/c1-31-20-6-2-5-19(15-20)17-26(18-22-8-4-14-33-22)35(29,30)24-11-9-23(10-12-24)34(27,28)25-16-21-7-3-13-32-21/h2,4-6,8-12,14-15,21,25H,3,7,13,16-18H2,1H3/t21-/m0/s1. The number of methoxy groups -OCH3 is 1. The third-order valence-corrected chi connectivity index (χ3v) is 8.95. The van der Waals surface area contributed by atoms with Gasteiger partial charge in [-0.3, -0.25) is 0 Å². The van der Waals surface area contributed by atoms with Crippen molar-refractivity contribution < 1.29 is 30.7 Å². The minimum Gasteiger partial charge on any atom is -0.497 e. The van der Waals surface area contributed by atoms with E-state index in [-0.39, 0.29) is 35.5 Å². The highest BCUT2D eigenvalue weighted by Crippen LogP contribution is 2.24. The lowest BCUT2D eigenvalue weighted by Crippen LogP contribution is -2.32. The molecular weight excluding hydrogens is 492 g/mol. The van der Waals surface area contributed by atoms with E-state index in [0.29, 0.717) is 18.1 Å². The Hall–Kier alpha value is -2.70. The second kappa shape index (κ2) is 10.9. The van der Waals surface area contributed by atoms with Crippen LogP contribution in [-0.4, -0.2) is 47.5 Å². The average Bonchev–Trinajstić information content (AvgIpc) is 3.57. The Morgan fingerprint density at radius 3 is 2.43 bits per heavy atom. The number of rotatable bonds is 11. The summed E-state index contributed by atoms with van der Waals surface area (Å²) in [5, 5.41) is 0. The number of furan rings is 1. The summed E-state index contributed by atoms with van der Waals surface area (Å²) >= 11 is 0. The van der Waals surface area contributed by atoms with Gasteiger partial charge in [0.2, 0.25) is 20.0 Å². The van der Waals surface area contributed by atoms with E-state index in [4.69, 9.17) is 13.9 Å². The van der Waals surface area contributed by atoms with Crippen molar-refractivity contribution in [3.8, 4) is 5.75 Å². The van der Waals surface area contributed by atoms with Crippen molar-refractivity contribution in [2.75, 3.05) is 20.3 Å². The summed E-state index contributed by atoms with van der Waals surface area (Å²) in [6, 6.07) is 15.7. The zero-order valence-corrected chi connectivity index (χ0v) is 20.9. The van der Waals surface area contributed by atoms with Gasteiger partial charge < -0.3 is 13.9 Å². The van der Waals surface area contributed by atoms with E-state index in [2.05, 4.69) is 4.72 Å². The Labute approximate surface area is 205 Å². The summed E-state index contributed by atoms with van der Waals surface area (Å²) in [5.74, 6) is 1.09. The molecule has 1 aliphatic heterocycles. The first-order valence-electron chi connectivity index (χ1n) is 11.1. The van der Waals surface area contributed by atoms with Gasteiger partial charge in [-0.15, -0.1) is 0 Å². The van der Waals surface area contributed by atoms with E-state index in [9.17, 15) is 16.8 Å². The first kappa shape index (κ1) is 25.4. The Kier molecular flexibility index (Phi) is 7.92. The summed E-state index contributed by atoms with van der Waals surface area (Å²) in [6.45, 7) is 0.891. The van der Waals surface area contributed by atoms with Crippen LogP contribution in [0.1, 0.15) is 24.2 Å². The van der Waals surface area contributed by atoms with Crippen LogP contribution in [0.5, 0.6) is 5.75 Å². The number of ether oxygens (including phenoxy) is 2. The normalized spacial score (nSPS) is 16.6. The van der Waals surface area contributed by atoms with Crippen molar-refractivity contribution in [2.45, 2.75) is 41.8 Å². The number of hydrogen-bond donors (Lipinski definition) is 1. The van der Waals surface area contributed by atoms with Crippen LogP contribution < -0.4 is 9.46 Å². The molecule has 2 aromatic carbocycles. The monoisotopic (exact) mass is 520 g/mol. The van der Waals surface area contributed by atoms with Crippen LogP contribution in [0.2, 0.25) is 0 Å². The van der Waals surface area contributed by atoms with Gasteiger partial charge in [-0.25, -0.2) is 21.6 Å². The van der Waals surface area contributed by atoms with E-state index in [1.807, 2.05) is 6.07 Å². The SMILES string of the molecule is COc1cccc(CN(Cc2ccco2)S(=O)(=O)c2ccc(S(=O)(=O)NC[C@@H]3CCCO3)cc2)c1. The molecule has 1 aliphatic rings. The van der Waals surface area contributed by atoms with Gasteiger partial charge >= 0.3 is 0 Å². The third kappa shape index (κ3) is 6.30. The van der Waals surface area contributed by atoms with Gasteiger partial charge in [0.15, 0.2) is 0 Å². The first-order chi connectivity index (χ1) is 16.8. The average molecular weight is 521 g/mol. The van der Waals surface area contributed by atoms with Crippen molar-refractivity contribution >= 4 is 20.0 Å². The molecule has 35 heavy (non-hydrogen) atoms. The van der Waals surface area contributed by atoms with Crippen LogP contribution >= 0.6 is 0 Å². The molecule has 188 valence electrons. The first-order valence-corrected chi connectivity index (χ1v) is 14.1. The third-order valence-electron chi connectivity index (χ3n) is 5.70. The van der Waals surface area contributed by atoms with E-state index in [0.717, 1.165) is 18.4 Å². The highest BCUT2D eigenvalue weighted by atomic mass is 32.2. The van der Waals surface area contributed by atoms with Crippen molar-refractivity contribution in [1.29, 1.82) is 0 Å². The Morgan fingerprint density at radius 2 is 1.77 bits per heavy atom. The molecule has 1 fully saturated rings. The zero-order valence-electron chi connectivity index (χ0n) is 19.3. The van der Waals surface area contributed by atoms with Crippen molar-refractivity contribution in [3.63, 3.8) is 0 Å². The predicted octanol–water partition coefficient (Wildman–Crippen LogP) is 3.14. The van der Waals surface area contributed by atoms with Crippen LogP contribution in [0.15, 0.2) is 81.1 Å². The highest BCUT2D eigenvalue weighted by Gasteiger charge is 2.27. The molecule has 0 bridgehead atoms. The molecule has 0 amide bonds. The number of sulfonamides is 2. The number of nitrogens with zero attached hydrogens (tertiary/aromatic N) is 1. The molecule has 0 spiro atoms. The molecule has 1 aromatic heterocycles. The van der Waals surface area contributed by atoms with Gasteiger partial charge in [0.1, 0.15) is 11.5 Å². The maximum atomic E-state index is 13.5. The second-order valence-corrected chi connectivity index (χ2v) is 11.9. The van der Waals surface area contributed by atoms with E-state index < -0.39 is 20.0 Å². The van der Waals surface area contributed by atoms with Crippen molar-refractivity contribution in [3.05, 3.63) is 78.3 Å². The maximum Gasteiger partial charge on any atom is 0.243 e. The Bertz CT molecular complexity index is 1320. The minimum absolute atomic E-state index is 0.00946. The topological polar surface area (TPSA) is 115 Å². The molecule has 2 heterocycles. The smallest absolute Gasteiger partial charge is 0.243 e. The summed E-state index contributed by atoms with van der Waals surface area (Å²) in [7, 11) is -6.24. The number of hydrogen-bond acceptors (Lipinski definition) is 7. The van der Waals surface area contributed by atoms with Gasteiger partial charge in [0.05, 0.1) is 35.8 Å². The molecule has 11 heteroatoms. The van der Waals surface area contributed by atoms with Gasteiger partial charge in [-0.2, -0.15) is 4.31 Å². The van der Waals surface area contributed by atoms with Crippen LogP contribution in [0.4, 0.5) is 0 Å². The van der Waals surface area contributed by atoms with Gasteiger partial charge in [0, 0.05) is 19.7 Å². The van der Waals surface area contributed by atoms with Gasteiger partial charge in [-0.1, -0.05) is 12.1 Å². The minimum atomic E-state index is -3.99. The fraction of sp³-hybridized carbons (Fsp3) is 0.333. The van der Waals surface area contributed by atoms with Crippen molar-refractivity contribution in [2.24, 2.45) is 0 Å². The summed E-state index contributed by atoms with van der Waals surface area (Å²) in [5.41, 5.74) is 0.733. The second-order valence-electron chi connectivity index (χ2n) is 8.16. The fourth-order valence-electron chi connectivity index (χ4n) is 3.81. The van der Waals surface area contributed by atoms with Crippen LogP contribution in [0, 0.1) is 0 Å². The van der Waals surface area contributed by atoms with Crippen LogP contribution in [0.25, 0.3) is 0 Å². The molecular formula is C24H28N2O7S2. The molecule has 9 nitrogen and oxygen atoms in total. The number of nitrogens with one attached hydrogen (secondary N) is 1.